The van der Waals surface area contributed by atoms with Gasteiger partial charge in [0.15, 0.2) is 0 Å². The molecule has 0 amide bonds. The van der Waals surface area contributed by atoms with E-state index in [4.69, 9.17) is 0 Å². The summed E-state index contributed by atoms with van der Waals surface area (Å²) in [6.45, 7) is 3.50. The normalized spacial score (nSPS) is 43.3. The van der Waals surface area contributed by atoms with E-state index in [9.17, 15) is 5.11 Å². The van der Waals surface area contributed by atoms with E-state index in [1.165, 1.54) is 32.1 Å². The second kappa shape index (κ2) is 4.63. The maximum absolute atomic E-state index is 9.43. The Hall–Kier alpha value is -0.0800. The number of aliphatic hydroxyl groups is 1. The SMILES string of the molecule is CC1CCCC(CN[C@@H]2CC[C@H]2O)C1. The maximum atomic E-state index is 9.43. The van der Waals surface area contributed by atoms with Crippen molar-refractivity contribution in [3.63, 3.8) is 0 Å². The predicted octanol–water partition coefficient (Wildman–Crippen LogP) is 1.93. The number of hydrogen-bond acceptors (Lipinski definition) is 2. The zero-order valence-corrected chi connectivity index (χ0v) is 9.21. The van der Waals surface area contributed by atoms with Gasteiger partial charge in [-0.1, -0.05) is 19.8 Å². The van der Waals surface area contributed by atoms with Crippen LogP contribution in [0.1, 0.15) is 45.4 Å². The van der Waals surface area contributed by atoms with Crippen molar-refractivity contribution in [2.75, 3.05) is 6.54 Å². The molecular formula is C12H23NO. The van der Waals surface area contributed by atoms with Gasteiger partial charge in [-0.25, -0.2) is 0 Å². The lowest BCUT2D eigenvalue weighted by Crippen LogP contribution is -2.49. The summed E-state index contributed by atoms with van der Waals surface area (Å²) in [6.07, 6.45) is 7.71. The van der Waals surface area contributed by atoms with Gasteiger partial charge in [0.05, 0.1) is 6.10 Å². The van der Waals surface area contributed by atoms with Crippen LogP contribution in [0, 0.1) is 11.8 Å². The molecule has 2 nitrogen and oxygen atoms in total. The third-order valence-corrected chi connectivity index (χ3v) is 3.95. The average Bonchev–Trinajstić information content (AvgIpc) is 2.16. The highest BCUT2D eigenvalue weighted by atomic mass is 16.3. The Labute approximate surface area is 87.1 Å². The van der Waals surface area contributed by atoms with E-state index < -0.39 is 0 Å². The van der Waals surface area contributed by atoms with Crippen LogP contribution in [0.4, 0.5) is 0 Å². The standard InChI is InChI=1S/C12H23NO/c1-9-3-2-4-10(7-9)8-13-11-5-6-12(11)14/h9-14H,2-8H2,1H3/t9?,10?,11-,12-/m1/s1. The number of hydrogen-bond donors (Lipinski definition) is 2. The van der Waals surface area contributed by atoms with Crippen molar-refractivity contribution in [1.82, 2.24) is 5.32 Å². The van der Waals surface area contributed by atoms with Crippen molar-refractivity contribution in [3.05, 3.63) is 0 Å². The summed E-state index contributed by atoms with van der Waals surface area (Å²) in [6, 6.07) is 0.409. The molecule has 0 aromatic rings. The average molecular weight is 197 g/mol. The van der Waals surface area contributed by atoms with E-state index in [0.717, 1.165) is 24.8 Å². The van der Waals surface area contributed by atoms with Crippen LogP contribution in [0.5, 0.6) is 0 Å². The van der Waals surface area contributed by atoms with Gasteiger partial charge < -0.3 is 10.4 Å². The Bertz CT molecular complexity index is 183. The Morgan fingerprint density at radius 3 is 2.64 bits per heavy atom. The van der Waals surface area contributed by atoms with Crippen molar-refractivity contribution in [3.8, 4) is 0 Å². The van der Waals surface area contributed by atoms with Gasteiger partial charge in [0.25, 0.3) is 0 Å². The van der Waals surface area contributed by atoms with Crippen LogP contribution in [0.3, 0.4) is 0 Å². The molecule has 0 bridgehead atoms. The monoisotopic (exact) mass is 197 g/mol. The molecule has 2 aliphatic rings. The first-order valence-corrected chi connectivity index (χ1v) is 6.17. The summed E-state index contributed by atoms with van der Waals surface area (Å²) in [4.78, 5) is 0. The largest absolute Gasteiger partial charge is 0.392 e. The second-order valence-corrected chi connectivity index (χ2v) is 5.30. The van der Waals surface area contributed by atoms with E-state index in [1.807, 2.05) is 0 Å². The van der Waals surface area contributed by atoms with Gasteiger partial charge in [0.2, 0.25) is 0 Å². The van der Waals surface area contributed by atoms with E-state index in [2.05, 4.69) is 12.2 Å². The quantitative estimate of drug-likeness (QED) is 0.724. The van der Waals surface area contributed by atoms with Crippen molar-refractivity contribution in [1.29, 1.82) is 0 Å². The van der Waals surface area contributed by atoms with Crippen LogP contribution in [0.15, 0.2) is 0 Å². The zero-order valence-electron chi connectivity index (χ0n) is 9.21. The van der Waals surface area contributed by atoms with Gasteiger partial charge in [0, 0.05) is 6.04 Å². The van der Waals surface area contributed by atoms with Gasteiger partial charge in [-0.3, -0.25) is 0 Å². The Morgan fingerprint density at radius 2 is 2.07 bits per heavy atom. The minimum Gasteiger partial charge on any atom is -0.392 e. The van der Waals surface area contributed by atoms with Crippen LogP contribution >= 0.6 is 0 Å². The van der Waals surface area contributed by atoms with Gasteiger partial charge in [-0.2, -0.15) is 0 Å². The Morgan fingerprint density at radius 1 is 1.21 bits per heavy atom. The van der Waals surface area contributed by atoms with Crippen LogP contribution in [-0.2, 0) is 0 Å². The van der Waals surface area contributed by atoms with Gasteiger partial charge >= 0.3 is 0 Å². The first-order valence-electron chi connectivity index (χ1n) is 6.17. The lowest BCUT2D eigenvalue weighted by molar-refractivity contribution is 0.0465. The molecule has 2 saturated carbocycles. The molecule has 0 saturated heterocycles. The smallest absolute Gasteiger partial charge is 0.0693 e. The summed E-state index contributed by atoms with van der Waals surface area (Å²) in [5, 5.41) is 12.9. The summed E-state index contributed by atoms with van der Waals surface area (Å²) in [5.74, 6) is 1.79. The molecule has 0 aromatic carbocycles. The maximum Gasteiger partial charge on any atom is 0.0693 e. The van der Waals surface area contributed by atoms with E-state index >= 15 is 0 Å². The van der Waals surface area contributed by atoms with Crippen LogP contribution in [-0.4, -0.2) is 23.8 Å². The number of aliphatic hydroxyl groups excluding tert-OH is 1. The molecular weight excluding hydrogens is 174 g/mol. The highest BCUT2D eigenvalue weighted by Crippen LogP contribution is 2.28. The molecule has 82 valence electrons. The summed E-state index contributed by atoms with van der Waals surface area (Å²) < 4.78 is 0. The molecule has 0 aromatic heterocycles. The number of rotatable bonds is 3. The third-order valence-electron chi connectivity index (χ3n) is 3.95. The first-order chi connectivity index (χ1) is 6.75. The molecule has 2 fully saturated rings. The molecule has 4 atom stereocenters. The number of nitrogens with one attached hydrogen (secondary N) is 1. The Kier molecular flexibility index (Phi) is 3.45. The van der Waals surface area contributed by atoms with Crippen molar-refractivity contribution < 1.29 is 5.11 Å². The molecule has 2 rings (SSSR count). The van der Waals surface area contributed by atoms with Gasteiger partial charge in [-0.15, -0.1) is 0 Å². The van der Waals surface area contributed by atoms with Crippen LogP contribution in [0.2, 0.25) is 0 Å². The lowest BCUT2D eigenvalue weighted by atomic mass is 9.81. The van der Waals surface area contributed by atoms with Crippen LogP contribution in [0.25, 0.3) is 0 Å². The van der Waals surface area contributed by atoms with Crippen LogP contribution < -0.4 is 5.32 Å². The second-order valence-electron chi connectivity index (χ2n) is 5.30. The Balaban J connectivity index is 1.64. The molecule has 0 aliphatic heterocycles. The molecule has 14 heavy (non-hydrogen) atoms. The minimum absolute atomic E-state index is 0.0592. The highest BCUT2D eigenvalue weighted by molar-refractivity contribution is 4.87. The van der Waals surface area contributed by atoms with Gasteiger partial charge in [-0.05, 0) is 44.1 Å². The molecule has 2 N–H and O–H groups in total. The summed E-state index contributed by atoms with van der Waals surface area (Å²) >= 11 is 0. The molecule has 0 radical (unpaired) electrons. The molecule has 2 unspecified atom stereocenters. The van der Waals surface area contributed by atoms with E-state index in [1.54, 1.807) is 0 Å². The van der Waals surface area contributed by atoms with Crippen molar-refractivity contribution in [2.24, 2.45) is 11.8 Å². The first kappa shape index (κ1) is 10.4. The minimum atomic E-state index is -0.0592. The highest BCUT2D eigenvalue weighted by Gasteiger charge is 2.29. The van der Waals surface area contributed by atoms with Crippen molar-refractivity contribution in [2.45, 2.75) is 57.6 Å². The van der Waals surface area contributed by atoms with Gasteiger partial charge in [0.1, 0.15) is 0 Å². The lowest BCUT2D eigenvalue weighted by Gasteiger charge is -2.35. The topological polar surface area (TPSA) is 32.3 Å². The van der Waals surface area contributed by atoms with E-state index in [0.29, 0.717) is 6.04 Å². The fraction of sp³-hybridized carbons (Fsp3) is 1.00. The molecule has 2 aliphatic carbocycles. The summed E-state index contributed by atoms with van der Waals surface area (Å²) in [5.41, 5.74) is 0. The van der Waals surface area contributed by atoms with E-state index in [-0.39, 0.29) is 6.10 Å². The fourth-order valence-electron chi connectivity index (χ4n) is 2.78. The molecule has 0 heterocycles. The zero-order chi connectivity index (χ0) is 9.97. The predicted molar refractivity (Wildman–Crippen MR) is 58.2 cm³/mol. The van der Waals surface area contributed by atoms with Crippen molar-refractivity contribution >= 4 is 0 Å². The molecule has 2 heteroatoms. The third kappa shape index (κ3) is 2.48. The fourth-order valence-corrected chi connectivity index (χ4v) is 2.78. The summed E-state index contributed by atoms with van der Waals surface area (Å²) in [7, 11) is 0. The molecule has 0 spiro atoms.